The summed E-state index contributed by atoms with van der Waals surface area (Å²) >= 11 is 12.4. The van der Waals surface area contributed by atoms with Crippen molar-refractivity contribution in [3.05, 3.63) is 57.6 Å². The van der Waals surface area contributed by atoms with Gasteiger partial charge in [0.15, 0.2) is 11.5 Å². The maximum absolute atomic E-state index is 9.33. The number of hydrogen-bond acceptors (Lipinski definition) is 4. The molecule has 2 aromatic rings. The van der Waals surface area contributed by atoms with Gasteiger partial charge in [0.1, 0.15) is 6.61 Å². The number of nitrogens with one attached hydrogen (secondary N) is 1. The Morgan fingerprint density at radius 2 is 1.88 bits per heavy atom. The molecule has 0 aromatic heterocycles. The molecule has 1 atom stereocenters. The number of halogens is 2. The molecule has 0 aliphatic carbocycles. The standard InChI is InChI=1S/C19H23Cl2NO3/c1-3-24-18-8-15(11-22-10-13(2)23)17(21)9-19(18)25-12-14-5-4-6-16(20)7-14/h4-9,13,22-23H,3,10-12H2,1-2H3. The zero-order valence-corrected chi connectivity index (χ0v) is 15.9. The molecule has 1 unspecified atom stereocenters. The second kappa shape index (κ2) is 9.88. The van der Waals surface area contributed by atoms with E-state index in [9.17, 15) is 5.11 Å². The smallest absolute Gasteiger partial charge is 0.163 e. The fourth-order valence-corrected chi connectivity index (χ4v) is 2.73. The highest BCUT2D eigenvalue weighted by Gasteiger charge is 2.12. The monoisotopic (exact) mass is 383 g/mol. The molecular weight excluding hydrogens is 361 g/mol. The third kappa shape index (κ3) is 6.40. The van der Waals surface area contributed by atoms with Gasteiger partial charge in [-0.1, -0.05) is 35.3 Å². The van der Waals surface area contributed by atoms with E-state index in [1.807, 2.05) is 37.3 Å². The highest BCUT2D eigenvalue weighted by Crippen LogP contribution is 2.34. The molecule has 0 heterocycles. The largest absolute Gasteiger partial charge is 0.490 e. The van der Waals surface area contributed by atoms with Gasteiger partial charge >= 0.3 is 0 Å². The molecule has 136 valence electrons. The Morgan fingerprint density at radius 3 is 2.56 bits per heavy atom. The predicted molar refractivity (Wildman–Crippen MR) is 102 cm³/mol. The van der Waals surface area contributed by atoms with Crippen LogP contribution in [0.25, 0.3) is 0 Å². The molecular formula is C19H23Cl2NO3. The van der Waals surface area contributed by atoms with E-state index in [-0.39, 0.29) is 0 Å². The molecule has 0 amide bonds. The average molecular weight is 384 g/mol. The summed E-state index contributed by atoms with van der Waals surface area (Å²) in [7, 11) is 0. The molecule has 2 aromatic carbocycles. The maximum atomic E-state index is 9.33. The summed E-state index contributed by atoms with van der Waals surface area (Å²) in [5.41, 5.74) is 1.86. The van der Waals surface area contributed by atoms with Crippen molar-refractivity contribution in [2.24, 2.45) is 0 Å². The van der Waals surface area contributed by atoms with Gasteiger partial charge in [0.2, 0.25) is 0 Å². The Bertz CT molecular complexity index is 692. The van der Waals surface area contributed by atoms with Crippen molar-refractivity contribution in [2.45, 2.75) is 33.1 Å². The molecule has 0 spiro atoms. The molecule has 2 N–H and O–H groups in total. The number of aliphatic hydroxyl groups excluding tert-OH is 1. The molecule has 0 fully saturated rings. The number of ether oxygens (including phenoxy) is 2. The van der Waals surface area contributed by atoms with Crippen molar-refractivity contribution in [1.82, 2.24) is 5.32 Å². The first-order chi connectivity index (χ1) is 12.0. The van der Waals surface area contributed by atoms with Crippen molar-refractivity contribution in [1.29, 1.82) is 0 Å². The lowest BCUT2D eigenvalue weighted by Gasteiger charge is -2.16. The van der Waals surface area contributed by atoms with Crippen LogP contribution >= 0.6 is 23.2 Å². The van der Waals surface area contributed by atoms with E-state index in [0.717, 1.165) is 11.1 Å². The zero-order valence-electron chi connectivity index (χ0n) is 14.4. The Morgan fingerprint density at radius 1 is 1.12 bits per heavy atom. The Balaban J connectivity index is 2.12. The Kier molecular flexibility index (Phi) is 7.85. The number of aliphatic hydroxyl groups is 1. The van der Waals surface area contributed by atoms with Crippen molar-refractivity contribution in [3.8, 4) is 11.5 Å². The molecule has 0 saturated carbocycles. The summed E-state index contributed by atoms with van der Waals surface area (Å²) < 4.78 is 11.6. The second-order valence-corrected chi connectivity index (χ2v) is 6.57. The van der Waals surface area contributed by atoms with Gasteiger partial charge in [0.05, 0.1) is 12.7 Å². The first-order valence-electron chi connectivity index (χ1n) is 8.20. The van der Waals surface area contributed by atoms with E-state index < -0.39 is 6.10 Å². The third-order valence-electron chi connectivity index (χ3n) is 3.45. The van der Waals surface area contributed by atoms with Crippen molar-refractivity contribution >= 4 is 23.2 Å². The van der Waals surface area contributed by atoms with Crippen LogP contribution in [0.4, 0.5) is 0 Å². The minimum Gasteiger partial charge on any atom is -0.490 e. The fourth-order valence-electron chi connectivity index (χ4n) is 2.30. The van der Waals surface area contributed by atoms with E-state index in [1.165, 1.54) is 0 Å². The van der Waals surface area contributed by atoms with E-state index in [4.69, 9.17) is 32.7 Å². The highest BCUT2D eigenvalue weighted by atomic mass is 35.5. The lowest BCUT2D eigenvalue weighted by molar-refractivity contribution is 0.191. The molecule has 0 aliphatic rings. The quantitative estimate of drug-likeness (QED) is 0.671. The van der Waals surface area contributed by atoms with Gasteiger partial charge in [0.25, 0.3) is 0 Å². The van der Waals surface area contributed by atoms with Crippen LogP contribution in [0.5, 0.6) is 11.5 Å². The molecule has 0 aliphatic heterocycles. The van der Waals surface area contributed by atoms with Gasteiger partial charge in [-0.15, -0.1) is 0 Å². The summed E-state index contributed by atoms with van der Waals surface area (Å²) in [5, 5.41) is 13.7. The van der Waals surface area contributed by atoms with Gasteiger partial charge in [-0.25, -0.2) is 0 Å². The fraction of sp³-hybridized carbons (Fsp3) is 0.368. The van der Waals surface area contributed by atoms with Crippen LogP contribution in [0.3, 0.4) is 0 Å². The molecule has 4 nitrogen and oxygen atoms in total. The second-order valence-electron chi connectivity index (χ2n) is 5.72. The van der Waals surface area contributed by atoms with Gasteiger partial charge in [-0.3, -0.25) is 0 Å². The summed E-state index contributed by atoms with van der Waals surface area (Å²) in [6, 6.07) is 11.1. The molecule has 6 heteroatoms. The summed E-state index contributed by atoms with van der Waals surface area (Å²) in [5.74, 6) is 1.23. The minimum absolute atomic E-state index is 0.372. The van der Waals surface area contributed by atoms with Crippen molar-refractivity contribution in [3.63, 3.8) is 0 Å². The van der Waals surface area contributed by atoms with E-state index in [2.05, 4.69) is 5.32 Å². The summed E-state index contributed by atoms with van der Waals surface area (Å²) in [4.78, 5) is 0. The molecule has 0 saturated heterocycles. The number of hydrogen-bond donors (Lipinski definition) is 2. The van der Waals surface area contributed by atoms with Gasteiger partial charge in [-0.2, -0.15) is 0 Å². The van der Waals surface area contributed by atoms with Crippen LogP contribution in [-0.2, 0) is 13.2 Å². The third-order valence-corrected chi connectivity index (χ3v) is 4.04. The molecule has 0 bridgehead atoms. The van der Waals surface area contributed by atoms with Crippen molar-refractivity contribution < 1.29 is 14.6 Å². The normalized spacial score (nSPS) is 12.0. The first-order valence-corrected chi connectivity index (χ1v) is 8.96. The molecule has 0 radical (unpaired) electrons. The lowest BCUT2D eigenvalue weighted by atomic mass is 10.2. The maximum Gasteiger partial charge on any atom is 0.163 e. The first kappa shape index (κ1) is 19.9. The van der Waals surface area contributed by atoms with Gasteiger partial charge in [0, 0.05) is 29.2 Å². The van der Waals surface area contributed by atoms with E-state index in [1.54, 1.807) is 13.0 Å². The summed E-state index contributed by atoms with van der Waals surface area (Å²) in [6.45, 7) is 5.58. The predicted octanol–water partition coefficient (Wildman–Crippen LogP) is 4.44. The zero-order chi connectivity index (χ0) is 18.2. The molecule has 25 heavy (non-hydrogen) atoms. The lowest BCUT2D eigenvalue weighted by Crippen LogP contribution is -2.24. The van der Waals surface area contributed by atoms with Crippen LogP contribution in [-0.4, -0.2) is 24.4 Å². The summed E-state index contributed by atoms with van der Waals surface area (Å²) in [6.07, 6.45) is -0.412. The van der Waals surface area contributed by atoms with Crippen LogP contribution in [0.15, 0.2) is 36.4 Å². The Labute approximate surface area is 158 Å². The SMILES string of the molecule is CCOc1cc(CNCC(C)O)c(Cl)cc1OCc1cccc(Cl)c1. The Hall–Kier alpha value is -1.46. The van der Waals surface area contributed by atoms with E-state index >= 15 is 0 Å². The van der Waals surface area contributed by atoms with Gasteiger partial charge < -0.3 is 19.9 Å². The average Bonchev–Trinajstić information content (AvgIpc) is 2.56. The topological polar surface area (TPSA) is 50.7 Å². The van der Waals surface area contributed by atoms with Gasteiger partial charge in [-0.05, 0) is 43.2 Å². The number of benzene rings is 2. The highest BCUT2D eigenvalue weighted by molar-refractivity contribution is 6.31. The van der Waals surface area contributed by atoms with Crippen LogP contribution in [0, 0.1) is 0 Å². The van der Waals surface area contributed by atoms with Crippen LogP contribution < -0.4 is 14.8 Å². The molecule has 2 rings (SSSR count). The van der Waals surface area contributed by atoms with Crippen LogP contribution in [0.1, 0.15) is 25.0 Å². The van der Waals surface area contributed by atoms with E-state index in [0.29, 0.717) is 47.8 Å². The van der Waals surface area contributed by atoms with Crippen molar-refractivity contribution in [2.75, 3.05) is 13.2 Å². The number of rotatable bonds is 9. The minimum atomic E-state index is -0.412. The van der Waals surface area contributed by atoms with Crippen LogP contribution in [0.2, 0.25) is 10.0 Å².